The monoisotopic (exact) mass is 293 g/mol. The summed E-state index contributed by atoms with van der Waals surface area (Å²) in [6, 6.07) is 6.99. The molecule has 1 atom stereocenters. The first-order valence-corrected chi connectivity index (χ1v) is 6.88. The summed E-state index contributed by atoms with van der Waals surface area (Å²) in [5, 5.41) is 21.2. The van der Waals surface area contributed by atoms with E-state index < -0.39 is 11.0 Å². The van der Waals surface area contributed by atoms with Gasteiger partial charge < -0.3 is 10.0 Å². The molecule has 20 heavy (non-hydrogen) atoms. The van der Waals surface area contributed by atoms with Crippen LogP contribution in [0, 0.1) is 10.1 Å². The molecule has 0 saturated heterocycles. The minimum absolute atomic E-state index is 0.0179. The Morgan fingerprint density at radius 2 is 2.30 bits per heavy atom. The summed E-state index contributed by atoms with van der Waals surface area (Å²) in [7, 11) is 1.78. The van der Waals surface area contributed by atoms with Crippen molar-refractivity contribution in [2.24, 2.45) is 0 Å². The first-order chi connectivity index (χ1) is 9.49. The zero-order valence-electron chi connectivity index (χ0n) is 11.2. The molecule has 1 unspecified atom stereocenters. The largest absolute Gasteiger partial charge is 0.388 e. The minimum Gasteiger partial charge on any atom is -0.388 e. The van der Waals surface area contributed by atoms with E-state index in [4.69, 9.17) is 0 Å². The molecule has 2 heterocycles. The lowest BCUT2D eigenvalue weighted by atomic mass is 10.3. The van der Waals surface area contributed by atoms with Gasteiger partial charge >= 0.3 is 5.69 Å². The average molecular weight is 293 g/mol. The fraction of sp³-hybridized carbons (Fsp3) is 0.308. The van der Waals surface area contributed by atoms with Gasteiger partial charge in [0.1, 0.15) is 0 Å². The molecule has 2 aromatic heterocycles. The van der Waals surface area contributed by atoms with Crippen LogP contribution in [0.4, 0.5) is 10.7 Å². The lowest BCUT2D eigenvalue weighted by molar-refractivity contribution is -0.383. The second-order valence-electron chi connectivity index (χ2n) is 4.45. The zero-order chi connectivity index (χ0) is 14.7. The van der Waals surface area contributed by atoms with Crippen molar-refractivity contribution in [2.75, 3.05) is 11.9 Å². The van der Waals surface area contributed by atoms with Crippen LogP contribution in [0.5, 0.6) is 0 Å². The molecule has 0 fully saturated rings. The van der Waals surface area contributed by atoms with Crippen LogP contribution >= 0.6 is 11.3 Å². The average Bonchev–Trinajstić information content (AvgIpc) is 2.85. The summed E-state index contributed by atoms with van der Waals surface area (Å²) in [5.74, 6) is 0. The molecule has 2 aromatic rings. The van der Waals surface area contributed by atoms with E-state index in [9.17, 15) is 15.2 Å². The number of aromatic nitrogens is 1. The highest BCUT2D eigenvalue weighted by Crippen LogP contribution is 2.39. The summed E-state index contributed by atoms with van der Waals surface area (Å²) in [6.45, 7) is 2.07. The van der Waals surface area contributed by atoms with E-state index >= 15 is 0 Å². The van der Waals surface area contributed by atoms with Crippen molar-refractivity contribution in [1.82, 2.24) is 4.98 Å². The summed E-state index contributed by atoms with van der Waals surface area (Å²) < 4.78 is 0. The maximum absolute atomic E-state index is 11.1. The van der Waals surface area contributed by atoms with Crippen LogP contribution < -0.4 is 4.90 Å². The van der Waals surface area contributed by atoms with Crippen molar-refractivity contribution in [3.05, 3.63) is 51.1 Å². The molecule has 0 amide bonds. The van der Waals surface area contributed by atoms with Crippen molar-refractivity contribution in [1.29, 1.82) is 0 Å². The normalized spacial score (nSPS) is 12.2. The summed E-state index contributed by atoms with van der Waals surface area (Å²) in [6.07, 6.45) is 0.975. The Kier molecular flexibility index (Phi) is 4.31. The molecule has 2 rings (SSSR count). The van der Waals surface area contributed by atoms with Crippen LogP contribution in [0.15, 0.2) is 30.5 Å². The highest BCUT2D eigenvalue weighted by molar-refractivity contribution is 7.16. The number of hydrogen-bond donors (Lipinski definition) is 1. The van der Waals surface area contributed by atoms with Gasteiger partial charge in [0.2, 0.25) is 0 Å². The molecule has 0 radical (unpaired) electrons. The molecule has 6 nitrogen and oxygen atoms in total. The van der Waals surface area contributed by atoms with E-state index in [1.165, 1.54) is 17.4 Å². The molecule has 0 aliphatic rings. The number of aliphatic hydroxyl groups excluding tert-OH is 1. The smallest absolute Gasteiger partial charge is 0.304 e. The number of anilines is 1. The van der Waals surface area contributed by atoms with Crippen molar-refractivity contribution in [2.45, 2.75) is 19.6 Å². The van der Waals surface area contributed by atoms with Crippen molar-refractivity contribution >= 4 is 22.0 Å². The lowest BCUT2D eigenvalue weighted by Crippen LogP contribution is -2.16. The molecule has 106 valence electrons. The van der Waals surface area contributed by atoms with Crippen LogP contribution in [-0.4, -0.2) is 22.1 Å². The van der Waals surface area contributed by atoms with Gasteiger partial charge in [-0.1, -0.05) is 6.07 Å². The van der Waals surface area contributed by atoms with E-state index in [0.29, 0.717) is 16.4 Å². The number of nitro groups is 1. The first-order valence-electron chi connectivity index (χ1n) is 6.06. The number of hydrogen-bond acceptors (Lipinski definition) is 6. The van der Waals surface area contributed by atoms with Crippen LogP contribution in [0.1, 0.15) is 23.6 Å². The topological polar surface area (TPSA) is 79.5 Å². The van der Waals surface area contributed by atoms with E-state index in [0.717, 1.165) is 5.69 Å². The number of aliphatic hydroxyl groups is 1. The lowest BCUT2D eigenvalue weighted by Gasteiger charge is -2.15. The maximum Gasteiger partial charge on any atom is 0.304 e. The zero-order valence-corrected chi connectivity index (χ0v) is 12.0. The molecule has 0 aliphatic heterocycles. The molecular formula is C13H15N3O3S. The highest BCUT2D eigenvalue weighted by atomic mass is 32.1. The summed E-state index contributed by atoms with van der Waals surface area (Å²) >= 11 is 1.23. The highest BCUT2D eigenvalue weighted by Gasteiger charge is 2.23. The van der Waals surface area contributed by atoms with E-state index in [2.05, 4.69) is 4.98 Å². The van der Waals surface area contributed by atoms with Gasteiger partial charge in [-0.3, -0.25) is 15.1 Å². The van der Waals surface area contributed by atoms with Gasteiger partial charge in [-0.15, -0.1) is 11.3 Å². The molecule has 0 spiro atoms. The number of thiophene rings is 1. The van der Waals surface area contributed by atoms with Crippen molar-refractivity contribution < 1.29 is 10.0 Å². The Hall–Kier alpha value is -1.99. The fourth-order valence-electron chi connectivity index (χ4n) is 1.81. The molecule has 1 N–H and O–H groups in total. The number of nitrogens with zero attached hydrogens (tertiary/aromatic N) is 3. The summed E-state index contributed by atoms with van der Waals surface area (Å²) in [5.41, 5.74) is 0.848. The van der Waals surface area contributed by atoms with Gasteiger partial charge in [0.05, 0.1) is 23.3 Å². The third-order valence-electron chi connectivity index (χ3n) is 2.79. The number of pyridine rings is 1. The first kappa shape index (κ1) is 14.4. The maximum atomic E-state index is 11.1. The van der Waals surface area contributed by atoms with Gasteiger partial charge in [-0.2, -0.15) is 0 Å². The number of rotatable bonds is 5. The van der Waals surface area contributed by atoms with E-state index in [1.54, 1.807) is 25.1 Å². The van der Waals surface area contributed by atoms with E-state index in [-0.39, 0.29) is 5.69 Å². The molecule has 0 saturated carbocycles. The van der Waals surface area contributed by atoms with Crippen LogP contribution in [0.25, 0.3) is 0 Å². The Morgan fingerprint density at radius 3 is 2.85 bits per heavy atom. The molecule has 0 aliphatic carbocycles. The molecular weight excluding hydrogens is 278 g/mol. The van der Waals surface area contributed by atoms with Crippen molar-refractivity contribution in [3.8, 4) is 0 Å². The quantitative estimate of drug-likeness (QED) is 0.677. The molecule has 7 heteroatoms. The van der Waals surface area contributed by atoms with E-state index in [1.807, 2.05) is 18.2 Å². The Balaban J connectivity index is 2.28. The molecule has 0 bridgehead atoms. The van der Waals surface area contributed by atoms with Gasteiger partial charge in [0.15, 0.2) is 5.00 Å². The second kappa shape index (κ2) is 5.98. The second-order valence-corrected chi connectivity index (χ2v) is 5.51. The van der Waals surface area contributed by atoms with Crippen LogP contribution in [0.2, 0.25) is 0 Å². The predicted molar refractivity (Wildman–Crippen MR) is 78.0 cm³/mol. The Labute approximate surface area is 120 Å². The molecule has 0 aromatic carbocycles. The Morgan fingerprint density at radius 1 is 1.55 bits per heavy atom. The fourth-order valence-corrected chi connectivity index (χ4v) is 2.83. The van der Waals surface area contributed by atoms with Crippen molar-refractivity contribution in [3.63, 3.8) is 0 Å². The van der Waals surface area contributed by atoms with Gasteiger partial charge in [0.25, 0.3) is 0 Å². The Bertz CT molecular complexity index is 598. The minimum atomic E-state index is -0.712. The third kappa shape index (κ3) is 3.12. The third-order valence-corrected chi connectivity index (χ3v) is 4.20. The van der Waals surface area contributed by atoms with Gasteiger partial charge in [0, 0.05) is 24.2 Å². The van der Waals surface area contributed by atoms with Crippen LogP contribution in [-0.2, 0) is 6.54 Å². The standard InChI is InChI=1S/C13H15N3O3S/c1-9(17)12-7-11(16(18)19)13(20-12)15(2)8-10-5-3-4-6-14-10/h3-7,9,17H,8H2,1-2H3. The SMILES string of the molecule is CC(O)c1cc([N+](=O)[O-])c(N(C)Cc2ccccn2)s1. The van der Waals surface area contributed by atoms with Crippen LogP contribution in [0.3, 0.4) is 0 Å². The predicted octanol–water partition coefficient (Wildman–Crippen LogP) is 2.74. The van der Waals surface area contributed by atoms with Gasteiger partial charge in [-0.25, -0.2) is 0 Å². The summed E-state index contributed by atoms with van der Waals surface area (Å²) in [4.78, 5) is 17.2. The van der Waals surface area contributed by atoms with Gasteiger partial charge in [-0.05, 0) is 19.1 Å².